The molecule has 3 amide bonds. The van der Waals surface area contributed by atoms with Crippen molar-refractivity contribution in [1.29, 1.82) is 0 Å². The van der Waals surface area contributed by atoms with E-state index in [1.54, 1.807) is 16.8 Å². The lowest BCUT2D eigenvalue weighted by Crippen LogP contribution is -2.36. The first kappa shape index (κ1) is 20.8. The number of carbonyl (C=O) groups is 4. The number of aldehydes is 1. The molecule has 0 spiro atoms. The van der Waals surface area contributed by atoms with E-state index in [4.69, 9.17) is 4.74 Å². The lowest BCUT2D eigenvalue weighted by molar-refractivity contribution is -0.133. The molecule has 2 atom stereocenters. The van der Waals surface area contributed by atoms with E-state index in [0.717, 1.165) is 0 Å². The Morgan fingerprint density at radius 2 is 1.96 bits per heavy atom. The lowest BCUT2D eigenvalue weighted by Gasteiger charge is -2.26. The van der Waals surface area contributed by atoms with Gasteiger partial charge in [0.2, 0.25) is 12.3 Å². The van der Waals surface area contributed by atoms with Crippen LogP contribution < -0.4 is 5.32 Å². The Balaban J connectivity index is 0.00000232. The second kappa shape index (κ2) is 11.4. The van der Waals surface area contributed by atoms with Crippen LogP contribution >= 0.6 is 0 Å². The molecule has 0 aliphatic carbocycles. The maximum atomic E-state index is 11.4. The topological polar surface area (TPSA) is 96.0 Å². The highest BCUT2D eigenvalue weighted by atomic mass is 16.5. The predicted octanol–water partition coefficient (Wildman–Crippen LogP) is -0.107. The zero-order chi connectivity index (χ0) is 17.8. The molecule has 23 heavy (non-hydrogen) atoms. The fourth-order valence-corrected chi connectivity index (χ4v) is 1.94. The van der Waals surface area contributed by atoms with E-state index in [2.05, 4.69) is 0 Å². The van der Waals surface area contributed by atoms with Crippen molar-refractivity contribution in [3.63, 3.8) is 0 Å². The molecule has 1 saturated heterocycles. The van der Waals surface area contributed by atoms with Gasteiger partial charge in [-0.05, 0) is 0 Å². The molecule has 8 nitrogen and oxygen atoms in total. The number of hydrogen-bond acceptors (Lipinski definition) is 6. The van der Waals surface area contributed by atoms with Gasteiger partial charge in [-0.1, -0.05) is 13.8 Å². The molecule has 1 aliphatic heterocycles. The van der Waals surface area contributed by atoms with E-state index >= 15 is 0 Å². The Hall–Kier alpha value is -2.22. The summed E-state index contributed by atoms with van der Waals surface area (Å²) in [5.41, 5.74) is 0. The first-order valence-electron chi connectivity index (χ1n) is 7.48. The van der Waals surface area contributed by atoms with Crippen molar-refractivity contribution in [2.75, 3.05) is 20.1 Å². The van der Waals surface area contributed by atoms with E-state index < -0.39 is 18.2 Å². The number of rotatable bonds is 5. The van der Waals surface area contributed by atoms with Gasteiger partial charge >= 0.3 is 0 Å². The fourth-order valence-electron chi connectivity index (χ4n) is 1.94. The highest BCUT2D eigenvalue weighted by molar-refractivity contribution is 5.94. The first-order chi connectivity index (χ1) is 11.0. The highest BCUT2D eigenvalue weighted by Crippen LogP contribution is 2.14. The predicted molar refractivity (Wildman–Crippen MR) is 84.1 cm³/mol. The van der Waals surface area contributed by atoms with Crippen molar-refractivity contribution in [2.45, 2.75) is 39.5 Å². The molecule has 1 rings (SSSR count). The molecular formula is C15H25N3O5. The zero-order valence-corrected chi connectivity index (χ0v) is 14.0. The molecular weight excluding hydrogens is 302 g/mol. The molecule has 0 aromatic rings. The zero-order valence-electron chi connectivity index (χ0n) is 14.0. The van der Waals surface area contributed by atoms with Gasteiger partial charge < -0.3 is 19.3 Å². The Morgan fingerprint density at radius 3 is 2.48 bits per heavy atom. The van der Waals surface area contributed by atoms with Gasteiger partial charge in [-0.2, -0.15) is 0 Å². The summed E-state index contributed by atoms with van der Waals surface area (Å²) in [4.78, 5) is 46.8. The van der Waals surface area contributed by atoms with Crippen LogP contribution in [0.4, 0.5) is 0 Å². The Kier molecular flexibility index (Phi) is 10.3. The molecule has 8 heteroatoms. The summed E-state index contributed by atoms with van der Waals surface area (Å²) < 4.78 is 5.61. The van der Waals surface area contributed by atoms with Gasteiger partial charge in [0.1, 0.15) is 12.3 Å². The molecule has 0 aromatic carbocycles. The van der Waals surface area contributed by atoms with E-state index in [-0.39, 0.29) is 12.5 Å². The van der Waals surface area contributed by atoms with Crippen molar-refractivity contribution in [2.24, 2.45) is 0 Å². The van der Waals surface area contributed by atoms with E-state index in [1.165, 1.54) is 19.2 Å². The number of ether oxygens (including phenoxy) is 1. The molecule has 0 aromatic heterocycles. The normalized spacial score (nSPS) is 20.8. The van der Waals surface area contributed by atoms with Crippen LogP contribution in [-0.2, 0) is 23.9 Å². The molecule has 1 aliphatic rings. The minimum Gasteiger partial charge on any atom is -0.355 e. The second-order valence-corrected chi connectivity index (χ2v) is 4.63. The molecule has 0 saturated carbocycles. The standard InChI is InChI=1S/C13H19N3O5.C2H6/c1-10(19)16-6-4-13(21-11(7-16)8-17)15(2)5-3-12(20)14-9-18;1-2/h3,5,8-9,11,13H,4,6-7H2,1-2H3,(H,14,18,20);1-2H3/b5-3-;. The van der Waals surface area contributed by atoms with Crippen LogP contribution in [-0.4, -0.2) is 66.8 Å². The van der Waals surface area contributed by atoms with Crippen LogP contribution in [0.1, 0.15) is 27.2 Å². The Bertz CT molecular complexity index is 439. The van der Waals surface area contributed by atoms with Gasteiger partial charge in [0.25, 0.3) is 5.91 Å². The van der Waals surface area contributed by atoms with Crippen molar-refractivity contribution >= 4 is 24.5 Å². The van der Waals surface area contributed by atoms with Gasteiger partial charge in [-0.25, -0.2) is 0 Å². The third-order valence-electron chi connectivity index (χ3n) is 3.09. The lowest BCUT2D eigenvalue weighted by atomic mass is 10.3. The van der Waals surface area contributed by atoms with Gasteiger partial charge in [0.15, 0.2) is 6.29 Å². The summed E-state index contributed by atoms with van der Waals surface area (Å²) in [6, 6.07) is 0. The van der Waals surface area contributed by atoms with E-state index in [9.17, 15) is 19.2 Å². The van der Waals surface area contributed by atoms with E-state index in [1.807, 2.05) is 19.2 Å². The van der Waals surface area contributed by atoms with E-state index in [0.29, 0.717) is 25.7 Å². The van der Waals surface area contributed by atoms with Crippen LogP contribution in [0, 0.1) is 0 Å². The van der Waals surface area contributed by atoms with Gasteiger partial charge in [0.05, 0.1) is 6.54 Å². The van der Waals surface area contributed by atoms with Crippen LogP contribution in [0.2, 0.25) is 0 Å². The molecule has 130 valence electrons. The van der Waals surface area contributed by atoms with Gasteiger partial charge in [0, 0.05) is 39.2 Å². The van der Waals surface area contributed by atoms with Gasteiger partial charge in [-0.15, -0.1) is 0 Å². The van der Waals surface area contributed by atoms with Crippen molar-refractivity contribution in [1.82, 2.24) is 15.1 Å². The van der Waals surface area contributed by atoms with Crippen LogP contribution in [0.5, 0.6) is 0 Å². The average molecular weight is 327 g/mol. The Morgan fingerprint density at radius 1 is 1.30 bits per heavy atom. The molecule has 1 N–H and O–H groups in total. The van der Waals surface area contributed by atoms with Crippen molar-refractivity contribution in [3.8, 4) is 0 Å². The maximum Gasteiger partial charge on any atom is 0.251 e. The number of carbonyl (C=O) groups excluding carboxylic acids is 4. The largest absolute Gasteiger partial charge is 0.355 e. The average Bonchev–Trinajstić information content (AvgIpc) is 2.77. The van der Waals surface area contributed by atoms with Crippen molar-refractivity contribution < 1.29 is 23.9 Å². The third kappa shape index (κ3) is 7.55. The molecule has 1 fully saturated rings. The second-order valence-electron chi connectivity index (χ2n) is 4.63. The fraction of sp³-hybridized carbons (Fsp3) is 0.600. The maximum absolute atomic E-state index is 11.4. The monoisotopic (exact) mass is 327 g/mol. The van der Waals surface area contributed by atoms with Gasteiger partial charge in [-0.3, -0.25) is 19.7 Å². The molecule has 2 unspecified atom stereocenters. The van der Waals surface area contributed by atoms with Crippen LogP contribution in [0.3, 0.4) is 0 Å². The van der Waals surface area contributed by atoms with Crippen LogP contribution in [0.25, 0.3) is 0 Å². The summed E-state index contributed by atoms with van der Waals surface area (Å²) in [6.45, 7) is 6.12. The number of nitrogens with one attached hydrogen (secondary N) is 1. The minimum atomic E-state index is -0.707. The number of amides is 3. The molecule has 0 radical (unpaired) electrons. The first-order valence-corrected chi connectivity index (χ1v) is 7.48. The summed E-state index contributed by atoms with van der Waals surface area (Å²) in [5, 5.41) is 1.98. The number of imide groups is 1. The summed E-state index contributed by atoms with van der Waals surface area (Å²) >= 11 is 0. The quantitative estimate of drug-likeness (QED) is 0.559. The Labute approximate surface area is 136 Å². The summed E-state index contributed by atoms with van der Waals surface area (Å²) in [5.74, 6) is -0.669. The smallest absolute Gasteiger partial charge is 0.251 e. The number of nitrogens with zero attached hydrogens (tertiary/aromatic N) is 2. The number of hydrogen-bond donors (Lipinski definition) is 1. The molecule has 1 heterocycles. The highest BCUT2D eigenvalue weighted by Gasteiger charge is 2.27. The third-order valence-corrected chi connectivity index (χ3v) is 3.09. The van der Waals surface area contributed by atoms with Crippen LogP contribution in [0.15, 0.2) is 12.3 Å². The molecule has 0 bridgehead atoms. The summed E-state index contributed by atoms with van der Waals surface area (Å²) in [6.07, 6.45) is 2.94. The summed E-state index contributed by atoms with van der Waals surface area (Å²) in [7, 11) is 1.68. The van der Waals surface area contributed by atoms with Crippen molar-refractivity contribution in [3.05, 3.63) is 12.3 Å². The SMILES string of the molecule is CC.CC(=O)N1CCC(N(C)/C=C\C(=O)NC=O)OC(C=O)C1. The minimum absolute atomic E-state index is 0.116.